The fourth-order valence-corrected chi connectivity index (χ4v) is 2.49. The minimum Gasteiger partial charge on any atom is -0.329 e. The number of aryl methyl sites for hydroxylation is 1. The monoisotopic (exact) mass is 280 g/mol. The van der Waals surface area contributed by atoms with Gasteiger partial charge in [0, 0.05) is 11.9 Å². The molecule has 4 nitrogen and oxygen atoms in total. The highest BCUT2D eigenvalue weighted by Gasteiger charge is 2.07. The minimum absolute atomic E-state index is 0.414. The Labute approximate surface area is 121 Å². The summed E-state index contributed by atoms with van der Waals surface area (Å²) >= 11 is 5.38. The molecule has 0 atom stereocenters. The van der Waals surface area contributed by atoms with Crippen molar-refractivity contribution in [3.63, 3.8) is 0 Å². The van der Waals surface area contributed by atoms with Gasteiger partial charge < -0.3 is 4.98 Å². The van der Waals surface area contributed by atoms with Crippen LogP contribution in [0, 0.1) is 23.0 Å². The molecule has 0 saturated carbocycles. The molecule has 0 aliphatic heterocycles. The molecule has 1 N–H and O–H groups in total. The molecule has 1 aromatic carbocycles. The Bertz CT molecular complexity index is 866. The van der Waals surface area contributed by atoms with Gasteiger partial charge in [-0.3, -0.25) is 4.57 Å². The third-order valence-electron chi connectivity index (χ3n) is 3.14. The molecule has 0 spiro atoms. The maximum atomic E-state index is 8.70. The summed E-state index contributed by atoms with van der Waals surface area (Å²) in [5, 5.41) is 8.70. The number of H-pyrrole nitrogens is 1. The Morgan fingerprint density at radius 3 is 2.80 bits per heavy atom. The average molecular weight is 280 g/mol. The van der Waals surface area contributed by atoms with Crippen molar-refractivity contribution in [2.45, 2.75) is 13.3 Å². The van der Waals surface area contributed by atoms with Crippen molar-refractivity contribution in [3.05, 3.63) is 52.4 Å². The molecule has 0 saturated heterocycles. The van der Waals surface area contributed by atoms with E-state index in [1.807, 2.05) is 48.0 Å². The lowest BCUT2D eigenvalue weighted by Crippen LogP contribution is -1.96. The van der Waals surface area contributed by atoms with Gasteiger partial charge in [0.15, 0.2) is 10.4 Å². The fourth-order valence-electron chi connectivity index (χ4n) is 2.19. The third kappa shape index (κ3) is 2.10. The van der Waals surface area contributed by atoms with Crippen molar-refractivity contribution in [1.82, 2.24) is 14.5 Å². The van der Waals surface area contributed by atoms with Crippen LogP contribution < -0.4 is 0 Å². The third-order valence-corrected chi connectivity index (χ3v) is 3.42. The van der Waals surface area contributed by atoms with Crippen molar-refractivity contribution in [2.24, 2.45) is 0 Å². The van der Waals surface area contributed by atoms with Crippen molar-refractivity contribution in [1.29, 1.82) is 5.26 Å². The zero-order valence-electron chi connectivity index (χ0n) is 10.9. The molecule has 0 fully saturated rings. The first-order valence-electron chi connectivity index (χ1n) is 6.22. The number of aromatic nitrogens is 3. The normalized spacial score (nSPS) is 10.6. The van der Waals surface area contributed by atoms with Gasteiger partial charge in [-0.15, -0.1) is 0 Å². The second kappa shape index (κ2) is 4.91. The second-order valence-electron chi connectivity index (χ2n) is 4.65. The molecular weight excluding hydrogens is 268 g/mol. The average Bonchev–Trinajstić information content (AvgIpc) is 2.75. The molecule has 5 heteroatoms. The van der Waals surface area contributed by atoms with Crippen LogP contribution in [-0.4, -0.2) is 14.5 Å². The number of nitrogens with one attached hydrogen (secondary N) is 1. The van der Waals surface area contributed by atoms with Crippen molar-refractivity contribution in [3.8, 4) is 11.8 Å². The number of aromatic amines is 1. The van der Waals surface area contributed by atoms with E-state index in [1.165, 1.54) is 0 Å². The van der Waals surface area contributed by atoms with Crippen molar-refractivity contribution in [2.75, 3.05) is 0 Å². The maximum absolute atomic E-state index is 8.70. The summed E-state index contributed by atoms with van der Waals surface area (Å²) in [5.74, 6) is 0. The first kappa shape index (κ1) is 12.6. The highest BCUT2D eigenvalue weighted by atomic mass is 32.1. The molecule has 3 aromatic rings. The van der Waals surface area contributed by atoms with Gasteiger partial charge in [-0.05, 0) is 48.5 Å². The van der Waals surface area contributed by atoms with Crippen LogP contribution in [-0.2, 0) is 6.42 Å². The number of imidazole rings is 1. The molecule has 98 valence electrons. The van der Waals surface area contributed by atoms with Crippen LogP contribution >= 0.6 is 12.2 Å². The number of hydrogen-bond donors (Lipinski definition) is 1. The van der Waals surface area contributed by atoms with Crippen LogP contribution in [0.3, 0.4) is 0 Å². The summed E-state index contributed by atoms with van der Waals surface area (Å²) in [6, 6.07) is 12.0. The van der Waals surface area contributed by atoms with E-state index in [4.69, 9.17) is 17.5 Å². The Morgan fingerprint density at radius 2 is 2.10 bits per heavy atom. The van der Waals surface area contributed by atoms with Gasteiger partial charge in [-0.2, -0.15) is 5.26 Å². The molecule has 0 radical (unpaired) electrons. The Kier molecular flexibility index (Phi) is 3.09. The number of hydrogen-bond acceptors (Lipinski definition) is 3. The SMILES string of the molecule is Cc1cnc2c(c1)[nH]c(=S)n2-c1ccc(CC#N)cc1. The van der Waals surface area contributed by atoms with Gasteiger partial charge in [-0.1, -0.05) is 12.1 Å². The van der Waals surface area contributed by atoms with E-state index in [0.29, 0.717) is 11.2 Å². The predicted octanol–water partition coefficient (Wildman–Crippen LogP) is 3.46. The van der Waals surface area contributed by atoms with E-state index >= 15 is 0 Å². The van der Waals surface area contributed by atoms with Crippen molar-refractivity contribution >= 4 is 23.4 Å². The molecular formula is C15H12N4S. The smallest absolute Gasteiger partial charge is 0.183 e. The summed E-state index contributed by atoms with van der Waals surface area (Å²) in [5.41, 5.74) is 4.76. The molecule has 0 unspecified atom stereocenters. The molecule has 2 heterocycles. The first-order chi connectivity index (χ1) is 9.69. The summed E-state index contributed by atoms with van der Waals surface area (Å²) in [6.07, 6.45) is 2.24. The van der Waals surface area contributed by atoms with Gasteiger partial charge in [0.1, 0.15) is 0 Å². The van der Waals surface area contributed by atoms with Crippen LogP contribution in [0.1, 0.15) is 11.1 Å². The zero-order chi connectivity index (χ0) is 14.1. The Balaban J connectivity index is 2.17. The van der Waals surface area contributed by atoms with Crippen LogP contribution in [0.2, 0.25) is 0 Å². The number of pyridine rings is 1. The summed E-state index contributed by atoms with van der Waals surface area (Å²) < 4.78 is 2.52. The first-order valence-corrected chi connectivity index (χ1v) is 6.63. The van der Waals surface area contributed by atoms with E-state index in [-0.39, 0.29) is 0 Å². The van der Waals surface area contributed by atoms with E-state index in [1.54, 1.807) is 0 Å². The molecule has 0 aliphatic rings. The molecule has 3 rings (SSSR count). The molecule has 0 bridgehead atoms. The number of nitriles is 1. The number of fused-ring (bicyclic) bond motifs is 1. The summed E-state index contributed by atoms with van der Waals surface area (Å²) in [4.78, 5) is 7.62. The van der Waals surface area contributed by atoms with E-state index in [9.17, 15) is 0 Å². The lowest BCUT2D eigenvalue weighted by Gasteiger charge is -2.04. The van der Waals surface area contributed by atoms with Gasteiger partial charge in [0.05, 0.1) is 18.0 Å². The maximum Gasteiger partial charge on any atom is 0.183 e. The standard InChI is InChI=1S/C15H12N4S/c1-10-8-13-14(17-9-10)19(15(20)18-13)12-4-2-11(3-5-12)6-7-16/h2-5,8-9H,6H2,1H3,(H,18,20). The van der Waals surface area contributed by atoms with E-state index in [0.717, 1.165) is 28.0 Å². The topological polar surface area (TPSA) is 57.4 Å². The van der Waals surface area contributed by atoms with Crippen molar-refractivity contribution < 1.29 is 0 Å². The van der Waals surface area contributed by atoms with Gasteiger partial charge in [-0.25, -0.2) is 4.98 Å². The van der Waals surface area contributed by atoms with Gasteiger partial charge in [0.2, 0.25) is 0 Å². The second-order valence-corrected chi connectivity index (χ2v) is 5.04. The quantitative estimate of drug-likeness (QED) is 0.731. The molecule has 20 heavy (non-hydrogen) atoms. The lowest BCUT2D eigenvalue weighted by atomic mass is 10.1. The summed E-state index contributed by atoms with van der Waals surface area (Å²) in [6.45, 7) is 2.00. The van der Waals surface area contributed by atoms with E-state index < -0.39 is 0 Å². The largest absolute Gasteiger partial charge is 0.329 e. The van der Waals surface area contributed by atoms with Gasteiger partial charge >= 0.3 is 0 Å². The number of rotatable bonds is 2. The van der Waals surface area contributed by atoms with Crippen LogP contribution in [0.5, 0.6) is 0 Å². The predicted molar refractivity (Wildman–Crippen MR) is 80.3 cm³/mol. The van der Waals surface area contributed by atoms with Crippen LogP contribution in [0.25, 0.3) is 16.9 Å². The number of nitrogens with zero attached hydrogens (tertiary/aromatic N) is 3. The molecule has 2 aromatic heterocycles. The Hall–Kier alpha value is -2.45. The van der Waals surface area contributed by atoms with Crippen LogP contribution in [0.4, 0.5) is 0 Å². The fraction of sp³-hybridized carbons (Fsp3) is 0.133. The minimum atomic E-state index is 0.414. The van der Waals surface area contributed by atoms with Gasteiger partial charge in [0.25, 0.3) is 0 Å². The highest BCUT2D eigenvalue weighted by Crippen LogP contribution is 2.19. The zero-order valence-corrected chi connectivity index (χ0v) is 11.7. The molecule has 0 aliphatic carbocycles. The Morgan fingerprint density at radius 1 is 1.35 bits per heavy atom. The molecule has 0 amide bonds. The van der Waals surface area contributed by atoms with E-state index in [2.05, 4.69) is 16.0 Å². The van der Waals surface area contributed by atoms with Crippen LogP contribution in [0.15, 0.2) is 36.5 Å². The highest BCUT2D eigenvalue weighted by molar-refractivity contribution is 7.71. The lowest BCUT2D eigenvalue weighted by molar-refractivity contribution is 1.04. The number of benzene rings is 1. The summed E-state index contributed by atoms with van der Waals surface area (Å²) in [7, 11) is 0.